The van der Waals surface area contributed by atoms with E-state index in [0.29, 0.717) is 0 Å². The Morgan fingerprint density at radius 1 is 1.78 bits per heavy atom. The third kappa shape index (κ3) is 1.23. The Bertz CT molecular complexity index is 107. The van der Waals surface area contributed by atoms with Gasteiger partial charge in [-0.15, -0.1) is 0 Å². The fourth-order valence-electron chi connectivity index (χ4n) is 0.978. The summed E-state index contributed by atoms with van der Waals surface area (Å²) >= 11 is 1.72. The average molecular weight is 148 g/mol. The molecule has 2 unspecified atom stereocenters. The Morgan fingerprint density at radius 3 is 2.67 bits per heavy atom. The highest BCUT2D eigenvalue weighted by Crippen LogP contribution is 2.34. The Labute approximate surface area is 59.3 Å². The summed E-state index contributed by atoms with van der Waals surface area (Å²) in [6, 6.07) is 0. The van der Waals surface area contributed by atoms with E-state index in [4.69, 9.17) is 5.11 Å². The van der Waals surface area contributed by atoms with E-state index in [1.165, 1.54) is 0 Å². The first-order valence-electron chi connectivity index (χ1n) is 3.14. The molecular formula is C6H12O2S. The molecule has 9 heavy (non-hydrogen) atoms. The molecule has 0 amide bonds. The largest absolute Gasteiger partial charge is 0.393 e. The monoisotopic (exact) mass is 148 g/mol. The molecule has 0 aromatic rings. The first-order chi connectivity index (χ1) is 4.19. The molecule has 1 rings (SSSR count). The summed E-state index contributed by atoms with van der Waals surface area (Å²) in [6.45, 7) is 1.86. The summed E-state index contributed by atoms with van der Waals surface area (Å²) in [5, 5.41) is 18.4. The van der Waals surface area contributed by atoms with Crippen molar-refractivity contribution in [1.82, 2.24) is 0 Å². The topological polar surface area (TPSA) is 40.5 Å². The van der Waals surface area contributed by atoms with Crippen LogP contribution in [0.5, 0.6) is 0 Å². The normalized spacial score (nSPS) is 43.7. The van der Waals surface area contributed by atoms with Crippen LogP contribution in [0.3, 0.4) is 0 Å². The van der Waals surface area contributed by atoms with Gasteiger partial charge in [0.2, 0.25) is 0 Å². The zero-order valence-electron chi connectivity index (χ0n) is 5.50. The summed E-state index contributed by atoms with van der Waals surface area (Å²) in [7, 11) is 0. The van der Waals surface area contributed by atoms with Gasteiger partial charge in [0.25, 0.3) is 0 Å². The van der Waals surface area contributed by atoms with Crippen molar-refractivity contribution >= 4 is 11.8 Å². The molecule has 1 saturated heterocycles. The van der Waals surface area contributed by atoms with Crippen LogP contribution in [0, 0.1) is 0 Å². The lowest BCUT2D eigenvalue weighted by Crippen LogP contribution is -2.38. The van der Waals surface area contributed by atoms with Gasteiger partial charge in [0.1, 0.15) is 0 Å². The molecule has 2 N–H and O–H groups in total. The Kier molecular flexibility index (Phi) is 2.03. The fraction of sp³-hybridized carbons (Fsp3) is 1.00. The molecule has 0 saturated carbocycles. The Balaban J connectivity index is 2.56. The summed E-state index contributed by atoms with van der Waals surface area (Å²) in [5.41, 5.74) is -0.787. The molecule has 1 aliphatic rings. The lowest BCUT2D eigenvalue weighted by molar-refractivity contribution is -0.00902. The van der Waals surface area contributed by atoms with Crippen molar-refractivity contribution in [2.45, 2.75) is 24.2 Å². The third-order valence-electron chi connectivity index (χ3n) is 1.93. The molecule has 2 atom stereocenters. The second kappa shape index (κ2) is 2.48. The van der Waals surface area contributed by atoms with Crippen LogP contribution in [0.1, 0.15) is 13.3 Å². The van der Waals surface area contributed by atoms with Crippen LogP contribution in [-0.4, -0.2) is 33.4 Å². The zero-order chi connectivity index (χ0) is 6.91. The summed E-state index contributed by atoms with van der Waals surface area (Å²) in [4.78, 5) is 0. The zero-order valence-corrected chi connectivity index (χ0v) is 6.32. The maximum Gasteiger partial charge on any atom is 0.1000 e. The van der Waals surface area contributed by atoms with Crippen LogP contribution < -0.4 is 0 Å². The van der Waals surface area contributed by atoms with E-state index < -0.39 is 5.60 Å². The van der Waals surface area contributed by atoms with Gasteiger partial charge in [-0.25, -0.2) is 0 Å². The molecule has 3 heteroatoms. The fourth-order valence-corrected chi connectivity index (χ4v) is 2.31. The summed E-state index contributed by atoms with van der Waals surface area (Å²) in [5.74, 6) is 0.970. The van der Waals surface area contributed by atoms with Crippen molar-refractivity contribution in [2.24, 2.45) is 0 Å². The van der Waals surface area contributed by atoms with E-state index in [2.05, 4.69) is 0 Å². The standard InChI is InChI=1S/C6H12O2S/c1-5-6(8,4-7)2-3-9-5/h5,7-8H,2-4H2,1H3. The van der Waals surface area contributed by atoms with Crippen molar-refractivity contribution in [2.75, 3.05) is 12.4 Å². The highest BCUT2D eigenvalue weighted by atomic mass is 32.2. The van der Waals surface area contributed by atoms with Gasteiger partial charge in [-0.3, -0.25) is 0 Å². The Morgan fingerprint density at radius 2 is 2.44 bits per heavy atom. The average Bonchev–Trinajstić information content (AvgIpc) is 2.15. The Hall–Kier alpha value is 0.270. The molecule has 1 heterocycles. The number of hydrogen-bond acceptors (Lipinski definition) is 3. The van der Waals surface area contributed by atoms with Crippen LogP contribution in [0.25, 0.3) is 0 Å². The lowest BCUT2D eigenvalue weighted by atomic mass is 9.99. The SMILES string of the molecule is CC1SCCC1(O)CO. The predicted molar refractivity (Wildman–Crippen MR) is 38.6 cm³/mol. The van der Waals surface area contributed by atoms with Crippen molar-refractivity contribution in [1.29, 1.82) is 0 Å². The molecule has 1 fully saturated rings. The van der Waals surface area contributed by atoms with Gasteiger partial charge in [0, 0.05) is 5.25 Å². The number of aliphatic hydroxyl groups is 2. The van der Waals surface area contributed by atoms with Gasteiger partial charge in [-0.2, -0.15) is 11.8 Å². The minimum absolute atomic E-state index is 0.0961. The maximum absolute atomic E-state index is 9.50. The molecule has 1 aliphatic heterocycles. The number of rotatable bonds is 1. The molecule has 2 nitrogen and oxygen atoms in total. The number of hydrogen-bond donors (Lipinski definition) is 2. The van der Waals surface area contributed by atoms with E-state index in [-0.39, 0.29) is 11.9 Å². The van der Waals surface area contributed by atoms with Gasteiger partial charge >= 0.3 is 0 Å². The van der Waals surface area contributed by atoms with Gasteiger partial charge in [-0.05, 0) is 12.2 Å². The molecular weight excluding hydrogens is 136 g/mol. The third-order valence-corrected chi connectivity index (χ3v) is 3.31. The van der Waals surface area contributed by atoms with Crippen LogP contribution in [0.4, 0.5) is 0 Å². The second-order valence-electron chi connectivity index (χ2n) is 2.52. The molecule has 0 aromatic heterocycles. The summed E-state index contributed by atoms with van der Waals surface area (Å²) in [6.07, 6.45) is 0.731. The van der Waals surface area contributed by atoms with E-state index in [9.17, 15) is 5.11 Å². The predicted octanol–water partition coefficient (Wildman–Crippen LogP) is 0.235. The van der Waals surface area contributed by atoms with Crippen molar-refractivity contribution < 1.29 is 10.2 Å². The lowest BCUT2D eigenvalue weighted by Gasteiger charge is -2.23. The first-order valence-corrected chi connectivity index (χ1v) is 4.19. The van der Waals surface area contributed by atoms with Crippen molar-refractivity contribution in [3.05, 3.63) is 0 Å². The van der Waals surface area contributed by atoms with E-state index in [0.717, 1.165) is 12.2 Å². The van der Waals surface area contributed by atoms with E-state index in [1.54, 1.807) is 11.8 Å². The van der Waals surface area contributed by atoms with E-state index in [1.807, 2.05) is 6.92 Å². The molecule has 0 spiro atoms. The number of aliphatic hydroxyl groups excluding tert-OH is 1. The second-order valence-corrected chi connectivity index (χ2v) is 3.97. The smallest absolute Gasteiger partial charge is 0.1000 e. The molecule has 0 bridgehead atoms. The van der Waals surface area contributed by atoms with Gasteiger partial charge in [0.15, 0.2) is 0 Å². The van der Waals surface area contributed by atoms with E-state index >= 15 is 0 Å². The maximum atomic E-state index is 9.50. The van der Waals surface area contributed by atoms with Crippen LogP contribution in [0.2, 0.25) is 0 Å². The minimum Gasteiger partial charge on any atom is -0.393 e. The molecule has 54 valence electrons. The molecule has 0 aliphatic carbocycles. The van der Waals surface area contributed by atoms with Crippen molar-refractivity contribution in [3.8, 4) is 0 Å². The quantitative estimate of drug-likeness (QED) is 0.559. The summed E-state index contributed by atoms with van der Waals surface area (Å²) < 4.78 is 0. The first kappa shape index (κ1) is 7.38. The van der Waals surface area contributed by atoms with Gasteiger partial charge < -0.3 is 10.2 Å². The highest BCUT2D eigenvalue weighted by molar-refractivity contribution is 8.00. The van der Waals surface area contributed by atoms with Crippen LogP contribution in [-0.2, 0) is 0 Å². The van der Waals surface area contributed by atoms with Crippen LogP contribution in [0.15, 0.2) is 0 Å². The van der Waals surface area contributed by atoms with Gasteiger partial charge in [0.05, 0.1) is 12.2 Å². The number of thioether (sulfide) groups is 1. The van der Waals surface area contributed by atoms with Gasteiger partial charge in [-0.1, -0.05) is 6.92 Å². The van der Waals surface area contributed by atoms with Crippen LogP contribution >= 0.6 is 11.8 Å². The minimum atomic E-state index is -0.787. The molecule has 0 radical (unpaired) electrons. The highest BCUT2D eigenvalue weighted by Gasteiger charge is 2.37. The van der Waals surface area contributed by atoms with Crippen molar-refractivity contribution in [3.63, 3.8) is 0 Å². The molecule has 0 aromatic carbocycles.